The lowest BCUT2D eigenvalue weighted by Gasteiger charge is -2.13. The Balaban J connectivity index is 1.29. The Bertz CT molecular complexity index is 843. The van der Waals surface area contributed by atoms with Crippen LogP contribution in [0.15, 0.2) is 41.1 Å². The highest BCUT2D eigenvalue weighted by molar-refractivity contribution is 7.08. The number of esters is 1. The maximum absolute atomic E-state index is 12.2. The van der Waals surface area contributed by atoms with E-state index in [4.69, 9.17) is 4.74 Å². The zero-order valence-electron chi connectivity index (χ0n) is 15.2. The van der Waals surface area contributed by atoms with E-state index in [9.17, 15) is 19.2 Å². The maximum atomic E-state index is 12.2. The third-order valence-corrected chi connectivity index (χ3v) is 5.00. The number of thiophene rings is 1. The van der Waals surface area contributed by atoms with E-state index in [2.05, 4.69) is 5.32 Å². The van der Waals surface area contributed by atoms with E-state index >= 15 is 0 Å². The average molecular weight is 400 g/mol. The fourth-order valence-corrected chi connectivity index (χ4v) is 3.48. The van der Waals surface area contributed by atoms with Crippen molar-refractivity contribution < 1.29 is 23.9 Å². The Morgan fingerprint density at radius 1 is 1.04 bits per heavy atom. The van der Waals surface area contributed by atoms with Gasteiger partial charge in [-0.2, -0.15) is 11.3 Å². The molecule has 1 aliphatic rings. The number of ether oxygens (including phenoxy) is 1. The van der Waals surface area contributed by atoms with Crippen LogP contribution in [0.25, 0.3) is 0 Å². The molecule has 3 rings (SSSR count). The molecule has 0 bridgehead atoms. The molecule has 1 aromatic carbocycles. The number of amides is 3. The lowest BCUT2D eigenvalue weighted by molar-refractivity contribution is -0.143. The summed E-state index contributed by atoms with van der Waals surface area (Å²) in [5.74, 6) is -1.17. The van der Waals surface area contributed by atoms with Crippen molar-refractivity contribution in [3.05, 3.63) is 57.8 Å². The largest absolute Gasteiger partial charge is 0.466 e. The predicted molar refractivity (Wildman–Crippen MR) is 103 cm³/mol. The summed E-state index contributed by atoms with van der Waals surface area (Å²) in [7, 11) is 0. The van der Waals surface area contributed by atoms with Gasteiger partial charge in [0.25, 0.3) is 17.7 Å². The van der Waals surface area contributed by atoms with E-state index in [1.54, 1.807) is 35.7 Å². The molecule has 146 valence electrons. The fourth-order valence-electron chi connectivity index (χ4n) is 2.85. The summed E-state index contributed by atoms with van der Waals surface area (Å²) in [5, 5.41) is 6.21. The summed E-state index contributed by atoms with van der Waals surface area (Å²) in [6, 6.07) is 8.47. The zero-order chi connectivity index (χ0) is 19.9. The first-order valence-corrected chi connectivity index (χ1v) is 9.93. The van der Waals surface area contributed by atoms with Crippen LogP contribution < -0.4 is 5.32 Å². The SMILES string of the molecule is O=C(CCNC(=O)c1ccsc1)OCCCCN1C(=O)c2ccccc2C1=O. The van der Waals surface area contributed by atoms with Gasteiger partial charge in [-0.25, -0.2) is 0 Å². The van der Waals surface area contributed by atoms with Crippen molar-refractivity contribution in [2.24, 2.45) is 0 Å². The van der Waals surface area contributed by atoms with Gasteiger partial charge in [0.2, 0.25) is 0 Å². The Kier molecular flexibility index (Phi) is 6.54. The van der Waals surface area contributed by atoms with Crippen LogP contribution in [0.5, 0.6) is 0 Å². The Morgan fingerprint density at radius 3 is 2.39 bits per heavy atom. The summed E-state index contributed by atoms with van der Waals surface area (Å²) in [6.45, 7) is 0.712. The molecule has 0 radical (unpaired) electrons. The molecule has 1 aromatic heterocycles. The van der Waals surface area contributed by atoms with Gasteiger partial charge in [-0.1, -0.05) is 12.1 Å². The molecule has 0 fully saturated rings. The lowest BCUT2D eigenvalue weighted by atomic mass is 10.1. The molecule has 1 N–H and O–H groups in total. The van der Waals surface area contributed by atoms with E-state index in [1.807, 2.05) is 5.38 Å². The quantitative estimate of drug-likeness (QED) is 0.397. The summed E-state index contributed by atoms with van der Waals surface area (Å²) in [5.41, 5.74) is 1.44. The second-order valence-electron chi connectivity index (χ2n) is 6.25. The van der Waals surface area contributed by atoms with E-state index in [0.717, 1.165) is 0 Å². The zero-order valence-corrected chi connectivity index (χ0v) is 16.0. The monoisotopic (exact) mass is 400 g/mol. The lowest BCUT2D eigenvalue weighted by Crippen LogP contribution is -2.30. The van der Waals surface area contributed by atoms with Crippen LogP contribution >= 0.6 is 11.3 Å². The van der Waals surface area contributed by atoms with Gasteiger partial charge in [-0.3, -0.25) is 24.1 Å². The van der Waals surface area contributed by atoms with E-state index in [1.165, 1.54) is 16.2 Å². The van der Waals surface area contributed by atoms with Crippen molar-refractivity contribution in [3.63, 3.8) is 0 Å². The van der Waals surface area contributed by atoms with E-state index in [0.29, 0.717) is 36.1 Å². The molecule has 1 aliphatic heterocycles. The third kappa shape index (κ3) is 4.64. The molecule has 2 aromatic rings. The molecule has 0 atom stereocenters. The number of nitrogens with one attached hydrogen (secondary N) is 1. The topological polar surface area (TPSA) is 92.8 Å². The van der Waals surface area contributed by atoms with Crippen molar-refractivity contribution in [3.8, 4) is 0 Å². The molecule has 2 heterocycles. The van der Waals surface area contributed by atoms with Crippen LogP contribution in [0.1, 0.15) is 50.3 Å². The normalized spacial score (nSPS) is 12.8. The fraction of sp³-hybridized carbons (Fsp3) is 0.300. The highest BCUT2D eigenvalue weighted by Crippen LogP contribution is 2.22. The summed E-state index contributed by atoms with van der Waals surface area (Å²) >= 11 is 1.43. The second-order valence-corrected chi connectivity index (χ2v) is 7.03. The molecule has 0 saturated heterocycles. The van der Waals surface area contributed by atoms with Crippen LogP contribution in [0.3, 0.4) is 0 Å². The number of imide groups is 1. The van der Waals surface area contributed by atoms with Crippen molar-refractivity contribution in [1.29, 1.82) is 0 Å². The van der Waals surface area contributed by atoms with Gasteiger partial charge in [-0.15, -0.1) is 0 Å². The highest BCUT2D eigenvalue weighted by Gasteiger charge is 2.34. The Morgan fingerprint density at radius 2 is 1.75 bits per heavy atom. The van der Waals surface area contributed by atoms with Gasteiger partial charge in [0, 0.05) is 24.0 Å². The number of carbonyl (C=O) groups excluding carboxylic acids is 4. The number of carbonyl (C=O) groups is 4. The first-order valence-electron chi connectivity index (χ1n) is 8.99. The van der Waals surface area contributed by atoms with E-state index < -0.39 is 5.97 Å². The molecule has 7 nitrogen and oxygen atoms in total. The van der Waals surface area contributed by atoms with Gasteiger partial charge in [0.1, 0.15) is 0 Å². The molecule has 0 saturated carbocycles. The number of hydrogen-bond donors (Lipinski definition) is 1. The number of unbranched alkanes of at least 4 members (excludes halogenated alkanes) is 1. The predicted octanol–water partition coefficient (Wildman–Crippen LogP) is 2.49. The minimum Gasteiger partial charge on any atom is -0.466 e. The molecule has 0 spiro atoms. The number of benzene rings is 1. The number of fused-ring (bicyclic) bond motifs is 1. The average Bonchev–Trinajstić information content (AvgIpc) is 3.31. The van der Waals surface area contributed by atoms with Crippen LogP contribution in [-0.2, 0) is 9.53 Å². The van der Waals surface area contributed by atoms with Gasteiger partial charge in [-0.05, 0) is 36.4 Å². The first kappa shape index (κ1) is 19.8. The van der Waals surface area contributed by atoms with Crippen LogP contribution in [0.4, 0.5) is 0 Å². The van der Waals surface area contributed by atoms with Crippen LogP contribution in [0, 0.1) is 0 Å². The standard InChI is InChI=1S/C20H20N2O5S/c23-17(7-9-21-18(24)14-8-12-28-13-14)27-11-4-3-10-22-19(25)15-5-1-2-6-16(15)20(22)26/h1-2,5-6,8,12-13H,3-4,7,9-11H2,(H,21,24). The highest BCUT2D eigenvalue weighted by atomic mass is 32.1. The Hall–Kier alpha value is -3.00. The van der Waals surface area contributed by atoms with Gasteiger partial charge >= 0.3 is 5.97 Å². The molecular weight excluding hydrogens is 380 g/mol. The second kappa shape index (κ2) is 9.27. The number of hydrogen-bond acceptors (Lipinski definition) is 6. The smallest absolute Gasteiger partial charge is 0.307 e. The third-order valence-electron chi connectivity index (χ3n) is 4.32. The molecular formula is C20H20N2O5S. The number of nitrogens with zero attached hydrogens (tertiary/aromatic N) is 1. The van der Waals surface area contributed by atoms with Crippen LogP contribution in [-0.4, -0.2) is 48.3 Å². The van der Waals surface area contributed by atoms with Crippen LogP contribution in [0.2, 0.25) is 0 Å². The first-order chi connectivity index (χ1) is 13.6. The summed E-state index contributed by atoms with van der Waals surface area (Å²) < 4.78 is 5.12. The summed E-state index contributed by atoms with van der Waals surface area (Å²) in [4.78, 5) is 49.1. The molecule has 0 aliphatic carbocycles. The van der Waals surface area contributed by atoms with Crippen molar-refractivity contribution in [2.75, 3.05) is 19.7 Å². The molecule has 8 heteroatoms. The molecule has 3 amide bonds. The minimum absolute atomic E-state index is 0.0916. The van der Waals surface area contributed by atoms with Gasteiger partial charge in [0.05, 0.1) is 24.2 Å². The van der Waals surface area contributed by atoms with Crippen molar-refractivity contribution >= 4 is 35.0 Å². The number of rotatable bonds is 9. The maximum Gasteiger partial charge on any atom is 0.307 e. The molecule has 0 unspecified atom stereocenters. The Labute approximate surface area is 166 Å². The van der Waals surface area contributed by atoms with E-state index in [-0.39, 0.29) is 37.3 Å². The van der Waals surface area contributed by atoms with Gasteiger partial charge < -0.3 is 10.1 Å². The molecule has 28 heavy (non-hydrogen) atoms. The van der Waals surface area contributed by atoms with Gasteiger partial charge in [0.15, 0.2) is 0 Å². The minimum atomic E-state index is -0.397. The van der Waals surface area contributed by atoms with Crippen molar-refractivity contribution in [1.82, 2.24) is 10.2 Å². The summed E-state index contributed by atoms with van der Waals surface area (Å²) in [6.07, 6.45) is 1.18. The van der Waals surface area contributed by atoms with Crippen molar-refractivity contribution in [2.45, 2.75) is 19.3 Å².